The predicted octanol–water partition coefficient (Wildman–Crippen LogP) is 2.00. The molecule has 1 fully saturated rings. The number of aliphatic hydroxyl groups is 1. The molecule has 1 amide bonds. The average molecular weight is 350 g/mol. The monoisotopic (exact) mass is 349 g/mol. The molecular weight excluding hydrogens is 336 g/mol. The van der Waals surface area contributed by atoms with Crippen LogP contribution in [0.1, 0.15) is 23.7 Å². The van der Waals surface area contributed by atoms with Crippen LogP contribution in [0, 0.1) is 11.6 Å². The van der Waals surface area contributed by atoms with Gasteiger partial charge in [-0.3, -0.25) is 4.79 Å². The third-order valence-electron chi connectivity index (χ3n) is 3.45. The molecule has 1 saturated heterocycles. The summed E-state index contributed by atoms with van der Waals surface area (Å²) in [6, 6.07) is 2.02. The van der Waals surface area contributed by atoms with E-state index < -0.39 is 34.8 Å². The highest BCUT2D eigenvalue weighted by Crippen LogP contribution is 2.25. The number of nitrogens with one attached hydrogen (secondary N) is 1. The summed E-state index contributed by atoms with van der Waals surface area (Å²) in [5.41, 5.74) is -1.87. The summed E-state index contributed by atoms with van der Waals surface area (Å²) < 4.78 is 32.7. The zero-order valence-electron chi connectivity index (χ0n) is 10.8. The van der Waals surface area contributed by atoms with Crippen LogP contribution in [-0.4, -0.2) is 35.9 Å². The third-order valence-corrected chi connectivity index (χ3v) is 3.91. The van der Waals surface area contributed by atoms with Gasteiger partial charge in [-0.15, -0.1) is 0 Å². The highest BCUT2D eigenvalue weighted by molar-refractivity contribution is 9.10. The van der Waals surface area contributed by atoms with E-state index >= 15 is 0 Å². The standard InChI is InChI=1S/C13H14BrF2NO3/c1-7-13(19,2-3-20-7)6-17-12(18)11-9(15)4-8(14)5-10(11)16/h4-5,7,19H,2-3,6H2,1H3,(H,17,18). The molecule has 2 rings (SSSR count). The molecule has 20 heavy (non-hydrogen) atoms. The summed E-state index contributed by atoms with van der Waals surface area (Å²) in [6.45, 7) is 1.94. The maximum atomic E-state index is 13.6. The average Bonchev–Trinajstić information content (AvgIpc) is 2.66. The molecule has 2 unspecified atom stereocenters. The van der Waals surface area contributed by atoms with Gasteiger partial charge in [-0.25, -0.2) is 8.78 Å². The molecule has 110 valence electrons. The largest absolute Gasteiger partial charge is 0.385 e. The number of carbonyl (C=O) groups excluding carboxylic acids is 1. The highest BCUT2D eigenvalue weighted by atomic mass is 79.9. The second kappa shape index (κ2) is 5.75. The molecule has 2 atom stereocenters. The fraction of sp³-hybridized carbons (Fsp3) is 0.462. The van der Waals surface area contributed by atoms with Gasteiger partial charge in [-0.1, -0.05) is 15.9 Å². The molecule has 1 aromatic rings. The highest BCUT2D eigenvalue weighted by Gasteiger charge is 2.40. The number of hydrogen-bond donors (Lipinski definition) is 2. The first kappa shape index (κ1) is 15.3. The Balaban J connectivity index is 2.10. The van der Waals surface area contributed by atoms with Crippen molar-refractivity contribution in [2.75, 3.05) is 13.2 Å². The molecule has 1 aromatic carbocycles. The fourth-order valence-electron chi connectivity index (χ4n) is 2.08. The molecule has 0 saturated carbocycles. The van der Waals surface area contributed by atoms with E-state index in [1.165, 1.54) is 0 Å². The van der Waals surface area contributed by atoms with Crippen LogP contribution in [0.4, 0.5) is 8.78 Å². The Bertz CT molecular complexity index is 517. The normalized spacial score (nSPS) is 25.8. The Hall–Kier alpha value is -1.05. The molecule has 0 spiro atoms. The maximum absolute atomic E-state index is 13.6. The van der Waals surface area contributed by atoms with Gasteiger partial charge in [0.05, 0.1) is 6.10 Å². The van der Waals surface area contributed by atoms with Gasteiger partial charge < -0.3 is 15.2 Å². The van der Waals surface area contributed by atoms with Crippen LogP contribution in [-0.2, 0) is 4.74 Å². The van der Waals surface area contributed by atoms with E-state index in [1.807, 2.05) is 0 Å². The summed E-state index contributed by atoms with van der Waals surface area (Å²) in [5.74, 6) is -2.82. The van der Waals surface area contributed by atoms with Gasteiger partial charge in [0, 0.05) is 24.0 Å². The molecule has 4 nitrogen and oxygen atoms in total. The van der Waals surface area contributed by atoms with E-state index in [-0.39, 0.29) is 11.0 Å². The van der Waals surface area contributed by atoms with E-state index in [0.717, 1.165) is 12.1 Å². The summed E-state index contributed by atoms with van der Waals surface area (Å²) >= 11 is 2.94. The van der Waals surface area contributed by atoms with E-state index in [2.05, 4.69) is 21.2 Å². The lowest BCUT2D eigenvalue weighted by Gasteiger charge is -2.26. The molecular formula is C13H14BrF2NO3. The van der Waals surface area contributed by atoms with Crippen molar-refractivity contribution < 1.29 is 23.4 Å². The zero-order valence-corrected chi connectivity index (χ0v) is 12.3. The molecule has 2 N–H and O–H groups in total. The minimum atomic E-state index is -1.21. The Morgan fingerprint density at radius 1 is 1.55 bits per heavy atom. The zero-order chi connectivity index (χ0) is 14.9. The van der Waals surface area contributed by atoms with Crippen LogP contribution in [0.3, 0.4) is 0 Å². The number of amides is 1. The Morgan fingerprint density at radius 3 is 2.65 bits per heavy atom. The molecule has 1 aliphatic heterocycles. The van der Waals surface area contributed by atoms with Crippen molar-refractivity contribution in [3.05, 3.63) is 33.8 Å². The van der Waals surface area contributed by atoms with Crippen LogP contribution in [0.15, 0.2) is 16.6 Å². The van der Waals surface area contributed by atoms with Crippen molar-refractivity contribution in [1.29, 1.82) is 0 Å². The van der Waals surface area contributed by atoms with Crippen molar-refractivity contribution in [1.82, 2.24) is 5.32 Å². The predicted molar refractivity (Wildman–Crippen MR) is 71.4 cm³/mol. The minimum Gasteiger partial charge on any atom is -0.385 e. The van der Waals surface area contributed by atoms with Gasteiger partial charge in [0.1, 0.15) is 22.8 Å². The minimum absolute atomic E-state index is 0.123. The lowest BCUT2D eigenvalue weighted by molar-refractivity contribution is -0.0252. The number of hydrogen-bond acceptors (Lipinski definition) is 3. The first-order chi connectivity index (χ1) is 9.33. The summed E-state index contributed by atoms with van der Waals surface area (Å²) in [7, 11) is 0. The van der Waals surface area contributed by atoms with E-state index in [1.54, 1.807) is 6.92 Å². The van der Waals surface area contributed by atoms with Crippen molar-refractivity contribution >= 4 is 21.8 Å². The van der Waals surface area contributed by atoms with Crippen molar-refractivity contribution in [3.8, 4) is 0 Å². The van der Waals surface area contributed by atoms with Crippen LogP contribution in [0.25, 0.3) is 0 Å². The molecule has 0 bridgehead atoms. The fourth-order valence-corrected chi connectivity index (χ4v) is 2.49. The number of rotatable bonds is 3. The van der Waals surface area contributed by atoms with Gasteiger partial charge in [-0.05, 0) is 19.1 Å². The molecule has 1 aliphatic rings. The van der Waals surface area contributed by atoms with E-state index in [0.29, 0.717) is 13.0 Å². The summed E-state index contributed by atoms with van der Waals surface area (Å²) in [5, 5.41) is 12.6. The smallest absolute Gasteiger partial charge is 0.257 e. The van der Waals surface area contributed by atoms with Gasteiger partial charge in [0.2, 0.25) is 0 Å². The number of carbonyl (C=O) groups is 1. The Labute approximate surface area is 123 Å². The van der Waals surface area contributed by atoms with Crippen LogP contribution < -0.4 is 5.32 Å². The Morgan fingerprint density at radius 2 is 2.15 bits per heavy atom. The Kier molecular flexibility index (Phi) is 4.41. The van der Waals surface area contributed by atoms with Gasteiger partial charge in [0.25, 0.3) is 5.91 Å². The number of benzene rings is 1. The maximum Gasteiger partial charge on any atom is 0.257 e. The van der Waals surface area contributed by atoms with Crippen molar-refractivity contribution in [2.24, 2.45) is 0 Å². The molecule has 0 radical (unpaired) electrons. The topological polar surface area (TPSA) is 58.6 Å². The van der Waals surface area contributed by atoms with Gasteiger partial charge >= 0.3 is 0 Å². The molecule has 7 heteroatoms. The van der Waals surface area contributed by atoms with E-state index in [4.69, 9.17) is 4.74 Å². The number of ether oxygens (including phenoxy) is 1. The first-order valence-electron chi connectivity index (χ1n) is 6.10. The molecule has 0 aliphatic carbocycles. The second-order valence-electron chi connectivity index (χ2n) is 4.79. The first-order valence-corrected chi connectivity index (χ1v) is 6.89. The quantitative estimate of drug-likeness (QED) is 0.877. The molecule has 1 heterocycles. The second-order valence-corrected chi connectivity index (χ2v) is 5.71. The van der Waals surface area contributed by atoms with Crippen LogP contribution in [0.2, 0.25) is 0 Å². The summed E-state index contributed by atoms with van der Waals surface area (Å²) in [6.07, 6.45) is -0.0813. The number of halogens is 3. The third kappa shape index (κ3) is 2.99. The lowest BCUT2D eigenvalue weighted by Crippen LogP contribution is -2.47. The lowest BCUT2D eigenvalue weighted by atomic mass is 9.96. The van der Waals surface area contributed by atoms with Gasteiger partial charge in [0.15, 0.2) is 0 Å². The van der Waals surface area contributed by atoms with Crippen LogP contribution in [0.5, 0.6) is 0 Å². The van der Waals surface area contributed by atoms with Crippen LogP contribution >= 0.6 is 15.9 Å². The van der Waals surface area contributed by atoms with Crippen molar-refractivity contribution in [2.45, 2.75) is 25.0 Å². The van der Waals surface area contributed by atoms with E-state index in [9.17, 15) is 18.7 Å². The SMILES string of the molecule is CC1OCCC1(O)CNC(=O)c1c(F)cc(Br)cc1F. The molecule has 0 aromatic heterocycles. The van der Waals surface area contributed by atoms with Crippen molar-refractivity contribution in [3.63, 3.8) is 0 Å². The van der Waals surface area contributed by atoms with Gasteiger partial charge in [-0.2, -0.15) is 0 Å². The summed E-state index contributed by atoms with van der Waals surface area (Å²) in [4.78, 5) is 11.8.